The van der Waals surface area contributed by atoms with Crippen LogP contribution in [0.2, 0.25) is 0 Å². The molecule has 3 unspecified atom stereocenters. The summed E-state index contributed by atoms with van der Waals surface area (Å²) in [6.07, 6.45) is 2.82. The Labute approximate surface area is 91.2 Å². The van der Waals surface area contributed by atoms with Crippen molar-refractivity contribution < 1.29 is 14.6 Å². The van der Waals surface area contributed by atoms with E-state index in [9.17, 15) is 4.79 Å². The lowest BCUT2D eigenvalue weighted by Crippen LogP contribution is -2.44. The van der Waals surface area contributed by atoms with Gasteiger partial charge in [0.1, 0.15) is 0 Å². The normalized spacial score (nSPS) is 28.3. The summed E-state index contributed by atoms with van der Waals surface area (Å²) in [7, 11) is 3.67. The van der Waals surface area contributed by atoms with Crippen molar-refractivity contribution in [1.82, 2.24) is 4.90 Å². The zero-order valence-electron chi connectivity index (χ0n) is 9.77. The number of aliphatic carboxylic acids is 1. The molecule has 0 aromatic carbocycles. The average Bonchev–Trinajstić information content (AvgIpc) is 2.65. The molecule has 0 amide bonds. The monoisotopic (exact) mass is 215 g/mol. The van der Waals surface area contributed by atoms with Gasteiger partial charge in [0.2, 0.25) is 0 Å². The molecular formula is C11H21NO3. The number of methoxy groups -OCH3 is 1. The third-order valence-corrected chi connectivity index (χ3v) is 3.42. The Kier molecular flexibility index (Phi) is 4.54. The molecule has 1 aliphatic rings. The topological polar surface area (TPSA) is 49.8 Å². The van der Waals surface area contributed by atoms with Gasteiger partial charge in [-0.1, -0.05) is 6.42 Å². The summed E-state index contributed by atoms with van der Waals surface area (Å²) in [6, 6.07) is 0.451. The molecule has 1 saturated carbocycles. The Balaban J connectivity index is 2.57. The van der Waals surface area contributed by atoms with Crippen LogP contribution in [-0.4, -0.2) is 48.8 Å². The maximum atomic E-state index is 11.0. The van der Waals surface area contributed by atoms with Crippen molar-refractivity contribution in [2.45, 2.75) is 38.3 Å². The van der Waals surface area contributed by atoms with E-state index in [1.807, 2.05) is 7.05 Å². The van der Waals surface area contributed by atoms with E-state index >= 15 is 0 Å². The maximum absolute atomic E-state index is 11.0. The molecule has 1 fully saturated rings. The van der Waals surface area contributed by atoms with Crippen molar-refractivity contribution in [2.24, 2.45) is 5.92 Å². The predicted molar refractivity (Wildman–Crippen MR) is 57.9 cm³/mol. The highest BCUT2D eigenvalue weighted by Crippen LogP contribution is 2.30. The maximum Gasteiger partial charge on any atom is 0.308 e. The Morgan fingerprint density at radius 3 is 2.80 bits per heavy atom. The van der Waals surface area contributed by atoms with E-state index in [0.717, 1.165) is 19.3 Å². The highest BCUT2D eigenvalue weighted by molar-refractivity contribution is 5.71. The van der Waals surface area contributed by atoms with Gasteiger partial charge in [-0.05, 0) is 26.8 Å². The predicted octanol–water partition coefficient (Wildman–Crippen LogP) is 1.21. The lowest BCUT2D eigenvalue weighted by atomic mass is 10.0. The van der Waals surface area contributed by atoms with E-state index < -0.39 is 5.97 Å². The molecular weight excluding hydrogens is 194 g/mol. The first-order valence-corrected chi connectivity index (χ1v) is 5.51. The summed E-state index contributed by atoms with van der Waals surface area (Å²) in [4.78, 5) is 13.2. The van der Waals surface area contributed by atoms with Gasteiger partial charge in [-0.15, -0.1) is 0 Å². The summed E-state index contributed by atoms with van der Waals surface area (Å²) in [6.45, 7) is 2.72. The molecule has 1 rings (SSSR count). The first-order chi connectivity index (χ1) is 7.07. The third kappa shape index (κ3) is 2.92. The van der Waals surface area contributed by atoms with Crippen molar-refractivity contribution in [3.63, 3.8) is 0 Å². The molecule has 0 saturated heterocycles. The molecule has 88 valence electrons. The molecule has 0 heterocycles. The Morgan fingerprint density at radius 1 is 1.60 bits per heavy atom. The lowest BCUT2D eigenvalue weighted by Gasteiger charge is -2.32. The molecule has 1 N–H and O–H groups in total. The van der Waals surface area contributed by atoms with E-state index in [4.69, 9.17) is 9.84 Å². The van der Waals surface area contributed by atoms with Crippen LogP contribution in [0.4, 0.5) is 0 Å². The number of carboxylic acid groups (broad SMARTS) is 1. The van der Waals surface area contributed by atoms with Crippen molar-refractivity contribution in [2.75, 3.05) is 20.8 Å². The third-order valence-electron chi connectivity index (χ3n) is 3.42. The molecule has 4 heteroatoms. The van der Waals surface area contributed by atoms with Gasteiger partial charge in [0, 0.05) is 19.2 Å². The zero-order valence-corrected chi connectivity index (χ0v) is 9.77. The molecule has 0 spiro atoms. The highest BCUT2D eigenvalue weighted by Gasteiger charge is 2.36. The molecule has 4 nitrogen and oxygen atoms in total. The first-order valence-electron chi connectivity index (χ1n) is 5.51. The van der Waals surface area contributed by atoms with E-state index in [-0.39, 0.29) is 18.0 Å². The van der Waals surface area contributed by atoms with Crippen LogP contribution in [0.1, 0.15) is 26.2 Å². The summed E-state index contributed by atoms with van der Waals surface area (Å²) in [5, 5.41) is 9.09. The van der Waals surface area contributed by atoms with Crippen LogP contribution < -0.4 is 0 Å². The number of carbonyl (C=O) groups is 1. The molecule has 15 heavy (non-hydrogen) atoms. The average molecular weight is 215 g/mol. The minimum Gasteiger partial charge on any atom is -0.481 e. The number of rotatable bonds is 5. The number of hydrogen-bond donors (Lipinski definition) is 1. The van der Waals surface area contributed by atoms with E-state index in [1.165, 1.54) is 0 Å². The van der Waals surface area contributed by atoms with Crippen LogP contribution in [-0.2, 0) is 9.53 Å². The second-order valence-corrected chi connectivity index (χ2v) is 4.41. The number of carboxylic acids is 1. The van der Waals surface area contributed by atoms with Crippen LogP contribution in [0.5, 0.6) is 0 Å². The van der Waals surface area contributed by atoms with Gasteiger partial charge < -0.3 is 9.84 Å². The van der Waals surface area contributed by atoms with Crippen LogP contribution in [0.15, 0.2) is 0 Å². The van der Waals surface area contributed by atoms with Crippen molar-refractivity contribution in [3.05, 3.63) is 0 Å². The number of likely N-dealkylation sites (N-methyl/N-ethyl adjacent to an activating group) is 1. The SMILES string of the molecule is COCC(C)N(C)C1CCCC1C(=O)O. The Morgan fingerprint density at radius 2 is 2.27 bits per heavy atom. The van der Waals surface area contributed by atoms with Gasteiger partial charge in [0.25, 0.3) is 0 Å². The molecule has 0 aliphatic heterocycles. The summed E-state index contributed by atoms with van der Waals surface area (Å²) < 4.78 is 5.09. The largest absolute Gasteiger partial charge is 0.481 e. The summed E-state index contributed by atoms with van der Waals surface area (Å²) >= 11 is 0. The smallest absolute Gasteiger partial charge is 0.308 e. The molecule has 0 aromatic heterocycles. The van der Waals surface area contributed by atoms with Crippen molar-refractivity contribution in [1.29, 1.82) is 0 Å². The highest BCUT2D eigenvalue weighted by atomic mass is 16.5. The second kappa shape index (κ2) is 5.47. The fraction of sp³-hybridized carbons (Fsp3) is 0.909. The molecule has 0 radical (unpaired) electrons. The molecule has 0 bridgehead atoms. The van der Waals surface area contributed by atoms with Crippen molar-refractivity contribution >= 4 is 5.97 Å². The van der Waals surface area contributed by atoms with Gasteiger partial charge in [-0.25, -0.2) is 0 Å². The fourth-order valence-corrected chi connectivity index (χ4v) is 2.40. The van der Waals surface area contributed by atoms with Crippen LogP contribution in [0.3, 0.4) is 0 Å². The van der Waals surface area contributed by atoms with E-state index in [1.54, 1.807) is 7.11 Å². The fourth-order valence-electron chi connectivity index (χ4n) is 2.40. The van der Waals surface area contributed by atoms with Gasteiger partial charge >= 0.3 is 5.97 Å². The van der Waals surface area contributed by atoms with Crippen LogP contribution >= 0.6 is 0 Å². The minimum absolute atomic E-state index is 0.174. The Hall–Kier alpha value is -0.610. The quantitative estimate of drug-likeness (QED) is 0.749. The standard InChI is InChI=1S/C11H21NO3/c1-8(7-15-3)12(2)10-6-4-5-9(10)11(13)14/h8-10H,4-7H2,1-3H3,(H,13,14). The zero-order chi connectivity index (χ0) is 11.4. The van der Waals surface area contributed by atoms with Crippen LogP contribution in [0, 0.1) is 5.92 Å². The summed E-state index contributed by atoms with van der Waals surface area (Å²) in [5.74, 6) is -0.858. The van der Waals surface area contributed by atoms with E-state index in [0.29, 0.717) is 6.61 Å². The number of hydrogen-bond acceptors (Lipinski definition) is 3. The summed E-state index contributed by atoms with van der Waals surface area (Å²) in [5.41, 5.74) is 0. The van der Waals surface area contributed by atoms with E-state index in [2.05, 4.69) is 11.8 Å². The molecule has 0 aromatic rings. The van der Waals surface area contributed by atoms with Gasteiger partial charge in [-0.2, -0.15) is 0 Å². The Bertz CT molecular complexity index is 220. The van der Waals surface area contributed by atoms with Crippen molar-refractivity contribution in [3.8, 4) is 0 Å². The first kappa shape index (κ1) is 12.5. The van der Waals surface area contributed by atoms with Gasteiger partial charge in [-0.3, -0.25) is 9.69 Å². The van der Waals surface area contributed by atoms with Gasteiger partial charge in [0.05, 0.1) is 12.5 Å². The lowest BCUT2D eigenvalue weighted by molar-refractivity contribution is -0.143. The molecule has 1 aliphatic carbocycles. The number of ether oxygens (including phenoxy) is 1. The van der Waals surface area contributed by atoms with Crippen LogP contribution in [0.25, 0.3) is 0 Å². The molecule has 3 atom stereocenters. The second-order valence-electron chi connectivity index (χ2n) is 4.41. The minimum atomic E-state index is -0.658. The van der Waals surface area contributed by atoms with Gasteiger partial charge in [0.15, 0.2) is 0 Å². The number of nitrogens with zero attached hydrogens (tertiary/aromatic N) is 1.